The van der Waals surface area contributed by atoms with Crippen molar-refractivity contribution < 1.29 is 0 Å². The quantitative estimate of drug-likeness (QED) is 0.681. The van der Waals surface area contributed by atoms with E-state index in [9.17, 15) is 0 Å². The van der Waals surface area contributed by atoms with Crippen LogP contribution in [0.15, 0.2) is 30.6 Å². The monoisotopic (exact) mass is 297 g/mol. The highest BCUT2D eigenvalue weighted by Crippen LogP contribution is 2.22. The fourth-order valence-corrected chi connectivity index (χ4v) is 2.23. The smallest absolute Gasteiger partial charge is 0.231 e. The Morgan fingerprint density at radius 3 is 2.55 bits per heavy atom. The molecule has 3 aromatic rings. The van der Waals surface area contributed by atoms with Crippen molar-refractivity contribution in [1.29, 1.82) is 0 Å². The van der Waals surface area contributed by atoms with Crippen molar-refractivity contribution in [3.63, 3.8) is 0 Å². The van der Waals surface area contributed by atoms with Gasteiger partial charge in [-0.15, -0.1) is 0 Å². The number of fused-ring (bicyclic) bond motifs is 1. The summed E-state index contributed by atoms with van der Waals surface area (Å²) in [6, 6.07) is 8.04. The molecule has 0 saturated carbocycles. The van der Waals surface area contributed by atoms with Crippen LogP contribution < -0.4 is 16.8 Å². The van der Waals surface area contributed by atoms with Crippen molar-refractivity contribution in [2.24, 2.45) is 5.73 Å². The molecule has 0 bridgehead atoms. The van der Waals surface area contributed by atoms with E-state index in [2.05, 4.69) is 34.1 Å². The average Bonchev–Trinajstić information content (AvgIpc) is 2.92. The van der Waals surface area contributed by atoms with Crippen molar-refractivity contribution >= 4 is 28.6 Å². The van der Waals surface area contributed by atoms with Crippen molar-refractivity contribution in [2.45, 2.75) is 26.4 Å². The summed E-state index contributed by atoms with van der Waals surface area (Å²) in [7, 11) is 0. The van der Waals surface area contributed by atoms with Gasteiger partial charge in [-0.1, -0.05) is 12.1 Å². The molecule has 0 amide bonds. The highest BCUT2D eigenvalue weighted by molar-refractivity contribution is 5.83. The van der Waals surface area contributed by atoms with Crippen LogP contribution in [-0.4, -0.2) is 19.5 Å². The first kappa shape index (κ1) is 14.3. The summed E-state index contributed by atoms with van der Waals surface area (Å²) in [6.07, 6.45) is 1.74. The zero-order valence-electron chi connectivity index (χ0n) is 12.6. The number of hydrogen-bond acceptors (Lipinski definition) is 6. The van der Waals surface area contributed by atoms with E-state index in [1.807, 2.05) is 28.8 Å². The maximum Gasteiger partial charge on any atom is 0.231 e. The molecule has 3 rings (SSSR count). The molecule has 2 aromatic heterocycles. The van der Waals surface area contributed by atoms with Crippen LogP contribution in [0.1, 0.15) is 25.5 Å². The molecule has 0 radical (unpaired) electrons. The topological polar surface area (TPSA) is 108 Å². The van der Waals surface area contributed by atoms with E-state index in [1.54, 1.807) is 6.33 Å². The standard InChI is InChI=1S/C15H19N7/c1-9(2)22-8-18-12-13(17)20-15(21-14(12)22)19-11-5-3-10(7-16)4-6-11/h3-6,8-9H,7,16H2,1-2H3,(H3,17,19,20,21). The highest BCUT2D eigenvalue weighted by Gasteiger charge is 2.13. The molecule has 0 atom stereocenters. The Bertz CT molecular complexity index is 790. The van der Waals surface area contributed by atoms with Gasteiger partial charge in [-0.3, -0.25) is 0 Å². The number of nitrogens with zero attached hydrogens (tertiary/aromatic N) is 4. The molecular formula is C15H19N7. The molecule has 22 heavy (non-hydrogen) atoms. The van der Waals surface area contributed by atoms with Crippen LogP contribution in [0.4, 0.5) is 17.5 Å². The van der Waals surface area contributed by atoms with Crippen LogP contribution in [0, 0.1) is 0 Å². The van der Waals surface area contributed by atoms with Gasteiger partial charge in [0.15, 0.2) is 11.5 Å². The largest absolute Gasteiger partial charge is 0.382 e. The van der Waals surface area contributed by atoms with Gasteiger partial charge in [-0.05, 0) is 31.5 Å². The van der Waals surface area contributed by atoms with Crippen LogP contribution >= 0.6 is 0 Å². The summed E-state index contributed by atoms with van der Waals surface area (Å²) in [5.74, 6) is 0.818. The molecule has 0 unspecified atom stereocenters. The fourth-order valence-electron chi connectivity index (χ4n) is 2.23. The summed E-state index contributed by atoms with van der Waals surface area (Å²) < 4.78 is 1.97. The van der Waals surface area contributed by atoms with Gasteiger partial charge in [-0.2, -0.15) is 9.97 Å². The number of imidazole rings is 1. The van der Waals surface area contributed by atoms with E-state index in [4.69, 9.17) is 11.5 Å². The van der Waals surface area contributed by atoms with Crippen LogP contribution in [0.2, 0.25) is 0 Å². The van der Waals surface area contributed by atoms with Crippen LogP contribution in [0.5, 0.6) is 0 Å². The number of nitrogens with two attached hydrogens (primary N) is 2. The van der Waals surface area contributed by atoms with Crippen molar-refractivity contribution in [2.75, 3.05) is 11.1 Å². The molecule has 0 spiro atoms. The van der Waals surface area contributed by atoms with E-state index >= 15 is 0 Å². The van der Waals surface area contributed by atoms with Crippen molar-refractivity contribution in [1.82, 2.24) is 19.5 Å². The number of aromatic nitrogens is 4. The summed E-state index contributed by atoms with van der Waals surface area (Å²) in [5, 5.41) is 3.16. The molecular weight excluding hydrogens is 278 g/mol. The first-order valence-electron chi connectivity index (χ1n) is 7.14. The van der Waals surface area contributed by atoms with E-state index in [1.165, 1.54) is 0 Å². The van der Waals surface area contributed by atoms with Gasteiger partial charge < -0.3 is 21.4 Å². The molecule has 0 aliphatic rings. The Hall–Kier alpha value is -2.67. The van der Waals surface area contributed by atoms with Gasteiger partial charge in [0.05, 0.1) is 6.33 Å². The summed E-state index contributed by atoms with van der Waals surface area (Å²) in [6.45, 7) is 4.65. The fraction of sp³-hybridized carbons (Fsp3) is 0.267. The molecule has 5 N–H and O–H groups in total. The minimum absolute atomic E-state index is 0.246. The Morgan fingerprint density at radius 1 is 1.18 bits per heavy atom. The second-order valence-corrected chi connectivity index (χ2v) is 5.38. The zero-order chi connectivity index (χ0) is 15.7. The summed E-state index contributed by atoms with van der Waals surface area (Å²) in [4.78, 5) is 13.1. The van der Waals surface area contributed by atoms with Gasteiger partial charge in [0.25, 0.3) is 0 Å². The lowest BCUT2D eigenvalue weighted by atomic mass is 10.2. The number of benzene rings is 1. The van der Waals surface area contributed by atoms with Gasteiger partial charge in [0.1, 0.15) is 5.52 Å². The number of rotatable bonds is 4. The highest BCUT2D eigenvalue weighted by atomic mass is 15.2. The predicted molar refractivity (Wildman–Crippen MR) is 87.7 cm³/mol. The van der Waals surface area contributed by atoms with Gasteiger partial charge >= 0.3 is 0 Å². The second-order valence-electron chi connectivity index (χ2n) is 5.38. The van der Waals surface area contributed by atoms with Gasteiger partial charge in [0, 0.05) is 18.3 Å². The van der Waals surface area contributed by atoms with E-state index in [0.29, 0.717) is 23.8 Å². The first-order valence-corrected chi connectivity index (χ1v) is 7.14. The molecule has 1 aromatic carbocycles. The number of nitrogens with one attached hydrogen (secondary N) is 1. The molecule has 0 saturated heterocycles. The van der Waals surface area contributed by atoms with Gasteiger partial charge in [-0.25, -0.2) is 4.98 Å². The Labute approximate surface area is 128 Å². The minimum Gasteiger partial charge on any atom is -0.382 e. The molecule has 2 heterocycles. The van der Waals surface area contributed by atoms with E-state index < -0.39 is 0 Å². The minimum atomic E-state index is 0.246. The summed E-state index contributed by atoms with van der Waals surface area (Å²) >= 11 is 0. The molecule has 7 heteroatoms. The third-order valence-electron chi connectivity index (χ3n) is 3.45. The Morgan fingerprint density at radius 2 is 1.91 bits per heavy atom. The van der Waals surface area contributed by atoms with E-state index in [0.717, 1.165) is 16.9 Å². The lowest BCUT2D eigenvalue weighted by Gasteiger charge is -2.10. The molecule has 114 valence electrons. The van der Waals surface area contributed by atoms with Gasteiger partial charge in [0.2, 0.25) is 5.95 Å². The third kappa shape index (κ3) is 2.58. The molecule has 0 fully saturated rings. The van der Waals surface area contributed by atoms with Crippen molar-refractivity contribution in [3.8, 4) is 0 Å². The SMILES string of the molecule is CC(C)n1cnc2c(N)nc(Nc3ccc(CN)cc3)nc21. The zero-order valence-corrected chi connectivity index (χ0v) is 12.6. The Balaban J connectivity index is 1.97. The van der Waals surface area contributed by atoms with Crippen LogP contribution in [0.25, 0.3) is 11.2 Å². The first-order chi connectivity index (χ1) is 10.6. The maximum absolute atomic E-state index is 5.99. The molecule has 0 aliphatic carbocycles. The van der Waals surface area contributed by atoms with E-state index in [-0.39, 0.29) is 6.04 Å². The number of hydrogen-bond donors (Lipinski definition) is 3. The molecule has 7 nitrogen and oxygen atoms in total. The normalized spacial score (nSPS) is 11.3. The number of anilines is 3. The van der Waals surface area contributed by atoms with Crippen molar-refractivity contribution in [3.05, 3.63) is 36.2 Å². The third-order valence-corrected chi connectivity index (χ3v) is 3.45. The Kier molecular flexibility index (Phi) is 3.64. The van der Waals surface area contributed by atoms with Crippen LogP contribution in [-0.2, 0) is 6.54 Å². The maximum atomic E-state index is 5.99. The predicted octanol–water partition coefficient (Wildman–Crippen LogP) is 2.19. The average molecular weight is 297 g/mol. The second kappa shape index (κ2) is 5.61. The van der Waals surface area contributed by atoms with Crippen LogP contribution in [0.3, 0.4) is 0 Å². The summed E-state index contributed by atoms with van der Waals surface area (Å²) in [5.41, 5.74) is 14.9. The number of nitrogen functional groups attached to an aromatic ring is 1. The molecule has 0 aliphatic heterocycles. The lowest BCUT2D eigenvalue weighted by molar-refractivity contribution is 0.613. The lowest BCUT2D eigenvalue weighted by Crippen LogP contribution is -2.05.